The Hall–Kier alpha value is -1.06. The lowest BCUT2D eigenvalue weighted by Crippen LogP contribution is -2.33. The summed E-state index contributed by atoms with van der Waals surface area (Å²) in [5.74, 6) is 0.480. The van der Waals surface area contributed by atoms with Crippen LogP contribution < -0.4 is 11.1 Å². The van der Waals surface area contributed by atoms with Gasteiger partial charge in [0.2, 0.25) is 0 Å². The summed E-state index contributed by atoms with van der Waals surface area (Å²) in [4.78, 5) is 0. The van der Waals surface area contributed by atoms with Gasteiger partial charge >= 0.3 is 0 Å². The first-order valence-corrected chi connectivity index (χ1v) is 5.82. The highest BCUT2D eigenvalue weighted by molar-refractivity contribution is 5.45. The zero-order valence-electron chi connectivity index (χ0n) is 10.1. The molecule has 1 aromatic carbocycles. The first-order chi connectivity index (χ1) is 7.63. The summed E-state index contributed by atoms with van der Waals surface area (Å²) in [6.07, 6.45) is 0.700. The SMILES string of the molecule is CC(C)C(N)CNc1cccc(CCO)c1. The largest absolute Gasteiger partial charge is 0.396 e. The van der Waals surface area contributed by atoms with Crippen molar-refractivity contribution in [2.75, 3.05) is 18.5 Å². The lowest BCUT2D eigenvalue weighted by molar-refractivity contribution is 0.299. The van der Waals surface area contributed by atoms with Gasteiger partial charge < -0.3 is 16.2 Å². The molecule has 16 heavy (non-hydrogen) atoms. The fraction of sp³-hybridized carbons (Fsp3) is 0.538. The molecule has 1 rings (SSSR count). The number of aliphatic hydroxyl groups is 1. The van der Waals surface area contributed by atoms with Crippen molar-refractivity contribution in [2.24, 2.45) is 11.7 Å². The molecule has 0 saturated carbocycles. The molecular weight excluding hydrogens is 200 g/mol. The van der Waals surface area contributed by atoms with E-state index in [-0.39, 0.29) is 12.6 Å². The average Bonchev–Trinajstić information content (AvgIpc) is 2.26. The first kappa shape index (κ1) is 13.0. The maximum absolute atomic E-state index is 8.86. The molecule has 0 heterocycles. The van der Waals surface area contributed by atoms with Crippen LogP contribution >= 0.6 is 0 Å². The predicted molar refractivity (Wildman–Crippen MR) is 68.5 cm³/mol. The predicted octanol–water partition coefficient (Wildman–Crippen LogP) is 1.62. The van der Waals surface area contributed by atoms with Crippen LogP contribution in [0.3, 0.4) is 0 Å². The van der Waals surface area contributed by atoms with Crippen LogP contribution in [0.2, 0.25) is 0 Å². The minimum absolute atomic E-state index is 0.168. The van der Waals surface area contributed by atoms with E-state index in [1.54, 1.807) is 0 Å². The van der Waals surface area contributed by atoms with Gasteiger partial charge in [0, 0.05) is 24.9 Å². The van der Waals surface area contributed by atoms with E-state index in [1.165, 1.54) is 0 Å². The van der Waals surface area contributed by atoms with E-state index < -0.39 is 0 Å². The zero-order valence-corrected chi connectivity index (χ0v) is 10.1. The normalized spacial score (nSPS) is 12.8. The number of nitrogens with one attached hydrogen (secondary N) is 1. The minimum atomic E-state index is 0.168. The lowest BCUT2D eigenvalue weighted by atomic mass is 10.1. The first-order valence-electron chi connectivity index (χ1n) is 5.82. The smallest absolute Gasteiger partial charge is 0.0471 e. The van der Waals surface area contributed by atoms with Crippen molar-refractivity contribution in [1.82, 2.24) is 0 Å². The summed E-state index contributed by atoms with van der Waals surface area (Å²) in [6.45, 7) is 5.21. The molecule has 0 spiro atoms. The lowest BCUT2D eigenvalue weighted by Gasteiger charge is -2.17. The zero-order chi connectivity index (χ0) is 12.0. The van der Waals surface area contributed by atoms with Gasteiger partial charge in [0.05, 0.1) is 0 Å². The molecule has 1 unspecified atom stereocenters. The van der Waals surface area contributed by atoms with Crippen LogP contribution in [0.4, 0.5) is 5.69 Å². The van der Waals surface area contributed by atoms with Gasteiger partial charge in [0.1, 0.15) is 0 Å². The number of hydrogen-bond acceptors (Lipinski definition) is 3. The van der Waals surface area contributed by atoms with E-state index >= 15 is 0 Å². The molecule has 0 radical (unpaired) electrons. The Labute approximate surface area is 97.7 Å². The minimum Gasteiger partial charge on any atom is -0.396 e. The molecule has 0 aromatic heterocycles. The standard InChI is InChI=1S/C13H22N2O/c1-10(2)13(14)9-15-12-5-3-4-11(8-12)6-7-16/h3-5,8,10,13,15-16H,6-7,9,14H2,1-2H3. The molecule has 1 aromatic rings. The fourth-order valence-electron chi connectivity index (χ4n) is 1.44. The van der Waals surface area contributed by atoms with Gasteiger partial charge in [0.25, 0.3) is 0 Å². The molecular formula is C13H22N2O. The van der Waals surface area contributed by atoms with Crippen molar-refractivity contribution >= 4 is 5.69 Å². The van der Waals surface area contributed by atoms with Gasteiger partial charge in [-0.25, -0.2) is 0 Å². The third-order valence-electron chi connectivity index (χ3n) is 2.73. The van der Waals surface area contributed by atoms with Crippen molar-refractivity contribution in [3.8, 4) is 0 Å². The summed E-state index contributed by atoms with van der Waals surface area (Å²) in [6, 6.07) is 8.26. The molecule has 1 atom stereocenters. The summed E-state index contributed by atoms with van der Waals surface area (Å²) in [5, 5.41) is 12.2. The number of nitrogens with two attached hydrogens (primary N) is 1. The van der Waals surface area contributed by atoms with Crippen molar-refractivity contribution in [3.63, 3.8) is 0 Å². The van der Waals surface area contributed by atoms with Crippen LogP contribution in [0, 0.1) is 5.92 Å². The molecule has 0 fully saturated rings. The average molecular weight is 222 g/mol. The third kappa shape index (κ3) is 4.21. The van der Waals surface area contributed by atoms with Crippen LogP contribution in [0.25, 0.3) is 0 Å². The second kappa shape index (κ2) is 6.51. The quantitative estimate of drug-likeness (QED) is 0.685. The maximum Gasteiger partial charge on any atom is 0.0471 e. The maximum atomic E-state index is 8.86. The van der Waals surface area contributed by atoms with Crippen molar-refractivity contribution in [2.45, 2.75) is 26.3 Å². The van der Waals surface area contributed by atoms with Crippen LogP contribution in [0.5, 0.6) is 0 Å². The summed E-state index contributed by atoms with van der Waals surface area (Å²) < 4.78 is 0. The van der Waals surface area contributed by atoms with Crippen LogP contribution in [0.1, 0.15) is 19.4 Å². The Morgan fingerprint density at radius 1 is 1.38 bits per heavy atom. The fourth-order valence-corrected chi connectivity index (χ4v) is 1.44. The monoisotopic (exact) mass is 222 g/mol. The molecule has 0 aliphatic heterocycles. The van der Waals surface area contributed by atoms with Crippen molar-refractivity contribution in [3.05, 3.63) is 29.8 Å². The van der Waals surface area contributed by atoms with Gasteiger partial charge in [-0.2, -0.15) is 0 Å². The summed E-state index contributed by atoms with van der Waals surface area (Å²) in [5.41, 5.74) is 8.17. The molecule has 0 amide bonds. The molecule has 3 nitrogen and oxygen atoms in total. The molecule has 4 N–H and O–H groups in total. The van der Waals surface area contributed by atoms with Crippen molar-refractivity contribution in [1.29, 1.82) is 0 Å². The van der Waals surface area contributed by atoms with E-state index in [2.05, 4.69) is 25.2 Å². The van der Waals surface area contributed by atoms with E-state index in [4.69, 9.17) is 10.8 Å². The molecule has 90 valence electrons. The molecule has 0 aliphatic carbocycles. The molecule has 3 heteroatoms. The van der Waals surface area contributed by atoms with Crippen LogP contribution in [-0.4, -0.2) is 24.3 Å². The number of anilines is 1. The Balaban J connectivity index is 2.50. The third-order valence-corrected chi connectivity index (χ3v) is 2.73. The van der Waals surface area contributed by atoms with Crippen LogP contribution in [0.15, 0.2) is 24.3 Å². The topological polar surface area (TPSA) is 58.3 Å². The van der Waals surface area contributed by atoms with Crippen LogP contribution in [-0.2, 0) is 6.42 Å². The Morgan fingerprint density at radius 3 is 2.75 bits per heavy atom. The number of aliphatic hydroxyl groups excluding tert-OH is 1. The van der Waals surface area contributed by atoms with E-state index in [0.717, 1.165) is 17.8 Å². The molecule has 0 bridgehead atoms. The highest BCUT2D eigenvalue weighted by Gasteiger charge is 2.06. The van der Waals surface area contributed by atoms with Gasteiger partial charge in [0.15, 0.2) is 0 Å². The van der Waals surface area contributed by atoms with Gasteiger partial charge in [-0.05, 0) is 30.0 Å². The van der Waals surface area contributed by atoms with E-state index in [0.29, 0.717) is 12.3 Å². The Morgan fingerprint density at radius 2 is 2.12 bits per heavy atom. The van der Waals surface area contributed by atoms with E-state index in [9.17, 15) is 0 Å². The second-order valence-electron chi connectivity index (χ2n) is 4.46. The highest BCUT2D eigenvalue weighted by Crippen LogP contribution is 2.11. The summed E-state index contributed by atoms with van der Waals surface area (Å²) >= 11 is 0. The van der Waals surface area contributed by atoms with Gasteiger partial charge in [-0.15, -0.1) is 0 Å². The highest BCUT2D eigenvalue weighted by atomic mass is 16.2. The molecule has 0 aliphatic rings. The van der Waals surface area contributed by atoms with Crippen molar-refractivity contribution < 1.29 is 5.11 Å². The Bertz CT molecular complexity index is 313. The summed E-state index contributed by atoms with van der Waals surface area (Å²) in [7, 11) is 0. The Kier molecular flexibility index (Phi) is 5.29. The number of benzene rings is 1. The van der Waals surface area contributed by atoms with E-state index in [1.807, 2.05) is 18.2 Å². The molecule has 0 saturated heterocycles. The number of rotatable bonds is 6. The van der Waals surface area contributed by atoms with Gasteiger partial charge in [-0.1, -0.05) is 26.0 Å². The van der Waals surface area contributed by atoms with Gasteiger partial charge in [-0.3, -0.25) is 0 Å². The second-order valence-corrected chi connectivity index (χ2v) is 4.46. The number of hydrogen-bond donors (Lipinski definition) is 3.